The third kappa shape index (κ3) is 2730. The highest BCUT2D eigenvalue weighted by atomic mass is 14.0. The van der Waals surface area contributed by atoms with Crippen molar-refractivity contribution in [3.63, 3.8) is 0 Å². The summed E-state index contributed by atoms with van der Waals surface area (Å²) in [6.07, 6.45) is 3.89. The van der Waals surface area contributed by atoms with Crippen LogP contribution in [0.4, 0.5) is 0 Å². The van der Waals surface area contributed by atoms with E-state index in [1.165, 1.54) is 19.3 Å². The highest BCUT2D eigenvalue weighted by molar-refractivity contribution is 4.22. The molecule has 0 radical (unpaired) electrons. The van der Waals surface area contributed by atoms with E-state index >= 15 is 0 Å². The summed E-state index contributed by atoms with van der Waals surface area (Å²) in [4.78, 5) is 0. The molecule has 96 valence electrons. The summed E-state index contributed by atoms with van der Waals surface area (Å²) in [6.45, 7) is 22.6. The molecule has 14 heavy (non-hydrogen) atoms. The van der Waals surface area contributed by atoms with E-state index < -0.39 is 0 Å². The molecule has 0 amide bonds. The molecule has 0 aliphatic carbocycles. The van der Waals surface area contributed by atoms with Gasteiger partial charge in [-0.1, -0.05) is 74.7 Å². The Hall–Kier alpha value is -0.300. The maximum Gasteiger partial charge on any atom is 0 e. The Morgan fingerprint density at radius 2 is 0.786 bits per heavy atom. The summed E-state index contributed by atoms with van der Waals surface area (Å²) >= 11 is 0. The second-order valence-electron chi connectivity index (χ2n) is 1.71. The van der Waals surface area contributed by atoms with Crippen molar-refractivity contribution in [3.8, 4) is 0 Å². The molecule has 3 N–H and O–H groups in total. The molecular weight excluding hydrogens is 170 g/mol. The summed E-state index contributed by atoms with van der Waals surface area (Å²) in [6, 6.07) is 0. The van der Waals surface area contributed by atoms with Crippen LogP contribution in [0.15, 0.2) is 13.2 Å². The fourth-order valence-electron chi connectivity index (χ4n) is 0. The summed E-state index contributed by atoms with van der Waals surface area (Å²) in [7, 11) is 0. The minimum Gasteiger partial charge on any atom is -0.344 e. The second kappa shape index (κ2) is 238. The van der Waals surface area contributed by atoms with Gasteiger partial charge in [0.15, 0.2) is 0 Å². The van der Waals surface area contributed by atoms with Crippen LogP contribution in [0.25, 0.3) is 0 Å². The predicted molar refractivity (Wildman–Crippen MR) is 77.6 cm³/mol. The Morgan fingerprint density at radius 3 is 0.786 bits per heavy atom. The molecule has 0 heterocycles. The number of unbranched alkanes of at least 4 members (excludes halogenated alkanes) is 1. The van der Waals surface area contributed by atoms with Crippen molar-refractivity contribution in [2.75, 3.05) is 0 Å². The van der Waals surface area contributed by atoms with Crippen LogP contribution in [0.2, 0.25) is 0 Å². The molecule has 0 aliphatic heterocycles. The first-order chi connectivity index (χ1) is 6.33. The maximum atomic E-state index is 3.00. The first-order valence-electron chi connectivity index (χ1n) is 5.83. The molecule has 0 aliphatic rings. The maximum absolute atomic E-state index is 3.00. The Bertz CT molecular complexity index is 24.5. The molecule has 0 spiro atoms. The number of rotatable bonds is 1. The zero-order valence-electron chi connectivity index (χ0n) is 12.2. The van der Waals surface area contributed by atoms with Crippen LogP contribution in [0.5, 0.6) is 0 Å². The molecule has 1 heteroatoms. The molecule has 0 saturated carbocycles. The summed E-state index contributed by atoms with van der Waals surface area (Å²) in [5.41, 5.74) is 0. The minimum atomic E-state index is 0. The average molecular weight is 209 g/mol. The van der Waals surface area contributed by atoms with E-state index in [0.29, 0.717) is 0 Å². The predicted octanol–water partition coefficient (Wildman–Crippen LogP) is 6.49. The lowest BCUT2D eigenvalue weighted by molar-refractivity contribution is 0.886. The van der Waals surface area contributed by atoms with Gasteiger partial charge in [-0.15, -0.1) is 13.2 Å². The lowest BCUT2D eigenvalue weighted by Gasteiger charge is -1.68. The quantitative estimate of drug-likeness (QED) is 0.492. The molecule has 0 saturated heterocycles. The second-order valence-corrected chi connectivity index (χ2v) is 1.71. The molecule has 0 atom stereocenters. The Morgan fingerprint density at radius 1 is 0.714 bits per heavy atom. The monoisotopic (exact) mass is 209 g/mol. The average Bonchev–Trinajstić information content (AvgIpc) is 2.27. The smallest absolute Gasteiger partial charge is 0 e. The van der Waals surface area contributed by atoms with Gasteiger partial charge >= 0.3 is 0 Å². The lowest BCUT2D eigenvalue weighted by atomic mass is 10.4. The van der Waals surface area contributed by atoms with Crippen LogP contribution in [0.3, 0.4) is 0 Å². The van der Waals surface area contributed by atoms with E-state index in [9.17, 15) is 0 Å². The third-order valence-corrected chi connectivity index (χ3v) is 0.500. The highest BCUT2D eigenvalue weighted by Crippen LogP contribution is 1.76. The SMILES string of the molecule is C=C.CC.CC.CCC.CCCC.N.[HH]. The van der Waals surface area contributed by atoms with Crippen LogP contribution >= 0.6 is 0 Å². The fraction of sp³-hybridized carbons (Fsp3) is 0.846. The number of hydrogen-bond acceptors (Lipinski definition) is 1. The van der Waals surface area contributed by atoms with Crippen LogP contribution in [0, 0.1) is 0 Å². The minimum absolute atomic E-state index is 0. The van der Waals surface area contributed by atoms with E-state index in [2.05, 4.69) is 40.9 Å². The highest BCUT2D eigenvalue weighted by Gasteiger charge is 1.56. The Labute approximate surface area is 96.1 Å². The van der Waals surface area contributed by atoms with Gasteiger partial charge in [0, 0.05) is 1.43 Å². The van der Waals surface area contributed by atoms with Crippen LogP contribution in [0.1, 0.15) is 76.1 Å². The van der Waals surface area contributed by atoms with Gasteiger partial charge in [0.1, 0.15) is 0 Å². The van der Waals surface area contributed by atoms with Gasteiger partial charge in [-0.25, -0.2) is 0 Å². The van der Waals surface area contributed by atoms with Gasteiger partial charge in [0.25, 0.3) is 0 Å². The van der Waals surface area contributed by atoms with Gasteiger partial charge in [-0.3, -0.25) is 0 Å². The number of hydrogen-bond donors (Lipinski definition) is 1. The summed E-state index contributed by atoms with van der Waals surface area (Å²) < 4.78 is 0. The van der Waals surface area contributed by atoms with Gasteiger partial charge < -0.3 is 6.15 Å². The van der Waals surface area contributed by atoms with Crippen LogP contribution < -0.4 is 6.15 Å². The van der Waals surface area contributed by atoms with E-state index in [1.807, 2.05) is 27.7 Å². The molecule has 0 aromatic heterocycles. The van der Waals surface area contributed by atoms with E-state index in [0.717, 1.165) is 0 Å². The summed E-state index contributed by atoms with van der Waals surface area (Å²) in [5.74, 6) is 0. The van der Waals surface area contributed by atoms with E-state index in [-0.39, 0.29) is 7.58 Å². The Balaban J connectivity index is -0.0000000107. The van der Waals surface area contributed by atoms with Crippen molar-refractivity contribution in [2.45, 2.75) is 74.7 Å². The molecular formula is C13H39N. The topological polar surface area (TPSA) is 35.0 Å². The van der Waals surface area contributed by atoms with Gasteiger partial charge in [-0.05, 0) is 0 Å². The largest absolute Gasteiger partial charge is 0.344 e. The van der Waals surface area contributed by atoms with Crippen molar-refractivity contribution >= 4 is 0 Å². The van der Waals surface area contributed by atoms with E-state index in [4.69, 9.17) is 0 Å². The third-order valence-electron chi connectivity index (χ3n) is 0.500. The standard InChI is InChI=1S/C4H10.C3H8.2C2H6.C2H4.H3N.H2/c1-3-4-2;1-3-2;3*1-2;;/h3-4H2,1-2H3;3H2,1-2H3;2*1-2H3;1-2H2;1H3;1H. The van der Waals surface area contributed by atoms with Crippen molar-refractivity contribution in [2.24, 2.45) is 0 Å². The molecule has 0 aromatic rings. The van der Waals surface area contributed by atoms with Crippen molar-refractivity contribution < 1.29 is 1.43 Å². The molecule has 1 nitrogen and oxygen atoms in total. The summed E-state index contributed by atoms with van der Waals surface area (Å²) in [5, 5.41) is 0. The molecule has 0 aromatic carbocycles. The Kier molecular flexibility index (Phi) is 635. The zero-order valence-corrected chi connectivity index (χ0v) is 12.2. The van der Waals surface area contributed by atoms with Crippen molar-refractivity contribution in [3.05, 3.63) is 13.2 Å². The first kappa shape index (κ1) is 37.3. The zero-order chi connectivity index (χ0) is 12.1. The molecule has 0 rings (SSSR count). The molecule has 0 bridgehead atoms. The molecule has 0 unspecified atom stereocenters. The van der Waals surface area contributed by atoms with Gasteiger partial charge in [-0.2, -0.15) is 0 Å². The normalized spacial score (nSPS) is 4.57. The van der Waals surface area contributed by atoms with Crippen molar-refractivity contribution in [1.29, 1.82) is 0 Å². The fourth-order valence-corrected chi connectivity index (χ4v) is 0. The van der Waals surface area contributed by atoms with Gasteiger partial charge in [0.2, 0.25) is 0 Å². The van der Waals surface area contributed by atoms with Crippen LogP contribution in [-0.4, -0.2) is 0 Å². The molecule has 0 fully saturated rings. The van der Waals surface area contributed by atoms with Crippen LogP contribution in [-0.2, 0) is 0 Å². The van der Waals surface area contributed by atoms with Crippen molar-refractivity contribution in [1.82, 2.24) is 6.15 Å². The lowest BCUT2D eigenvalue weighted by Crippen LogP contribution is -1.47. The first-order valence-corrected chi connectivity index (χ1v) is 5.83. The van der Waals surface area contributed by atoms with Gasteiger partial charge in [0.05, 0.1) is 0 Å². The van der Waals surface area contributed by atoms with E-state index in [1.54, 1.807) is 0 Å².